The summed E-state index contributed by atoms with van der Waals surface area (Å²) in [6.45, 7) is 4.98. The fraction of sp³-hybridized carbons (Fsp3) is 0.235. The van der Waals surface area contributed by atoms with Gasteiger partial charge in [0.1, 0.15) is 5.82 Å². The first-order valence-corrected chi connectivity index (χ1v) is 7.05. The van der Waals surface area contributed by atoms with E-state index in [1.54, 1.807) is 0 Å². The van der Waals surface area contributed by atoms with Crippen LogP contribution < -0.4 is 10.6 Å². The van der Waals surface area contributed by atoms with Crippen molar-refractivity contribution in [2.45, 2.75) is 20.4 Å². The highest BCUT2D eigenvalue weighted by Gasteiger charge is 2.09. The molecule has 1 heterocycles. The predicted octanol–water partition coefficient (Wildman–Crippen LogP) is 3.40. The van der Waals surface area contributed by atoms with E-state index in [9.17, 15) is 0 Å². The lowest BCUT2D eigenvalue weighted by Gasteiger charge is -2.20. The Balaban J connectivity index is 1.87. The van der Waals surface area contributed by atoms with Gasteiger partial charge in [-0.1, -0.05) is 17.7 Å². The van der Waals surface area contributed by atoms with Crippen molar-refractivity contribution >= 4 is 22.4 Å². The number of imidazole rings is 1. The van der Waals surface area contributed by atoms with Crippen LogP contribution in [0.5, 0.6) is 0 Å². The molecule has 0 bridgehead atoms. The van der Waals surface area contributed by atoms with Gasteiger partial charge in [0.25, 0.3) is 0 Å². The van der Waals surface area contributed by atoms with Crippen LogP contribution in [-0.4, -0.2) is 17.0 Å². The molecule has 0 amide bonds. The number of nitrogens with two attached hydrogens (primary N) is 1. The second-order valence-electron chi connectivity index (χ2n) is 5.61. The second-order valence-corrected chi connectivity index (χ2v) is 5.61. The van der Waals surface area contributed by atoms with Gasteiger partial charge < -0.3 is 15.6 Å². The van der Waals surface area contributed by atoms with Crippen molar-refractivity contribution in [1.29, 1.82) is 0 Å². The minimum Gasteiger partial charge on any atom is -0.399 e. The molecule has 2 aromatic carbocycles. The summed E-state index contributed by atoms with van der Waals surface area (Å²) in [4.78, 5) is 10.2. The summed E-state index contributed by atoms with van der Waals surface area (Å²) in [6, 6.07) is 12.2. The molecule has 108 valence electrons. The van der Waals surface area contributed by atoms with Crippen molar-refractivity contribution in [3.05, 3.63) is 53.3 Å². The summed E-state index contributed by atoms with van der Waals surface area (Å²) in [6.07, 6.45) is 0. The SMILES string of the molecule is Cc1ccc(N(C)Cc2nc3ccc(N)cc3[nH]2)c(C)c1. The smallest absolute Gasteiger partial charge is 0.126 e. The Labute approximate surface area is 124 Å². The second kappa shape index (κ2) is 5.13. The monoisotopic (exact) mass is 280 g/mol. The molecule has 0 saturated heterocycles. The summed E-state index contributed by atoms with van der Waals surface area (Å²) < 4.78 is 0. The van der Waals surface area contributed by atoms with Crippen LogP contribution in [0.1, 0.15) is 17.0 Å². The zero-order valence-electron chi connectivity index (χ0n) is 12.6. The molecular formula is C17H20N4. The van der Waals surface area contributed by atoms with E-state index in [-0.39, 0.29) is 0 Å². The Kier molecular flexibility index (Phi) is 3.29. The predicted molar refractivity (Wildman–Crippen MR) is 88.5 cm³/mol. The van der Waals surface area contributed by atoms with Gasteiger partial charge in [0.05, 0.1) is 17.6 Å². The third-order valence-electron chi connectivity index (χ3n) is 3.71. The van der Waals surface area contributed by atoms with Gasteiger partial charge in [0.15, 0.2) is 0 Å². The number of nitrogens with zero attached hydrogens (tertiary/aromatic N) is 2. The number of aryl methyl sites for hydroxylation is 2. The summed E-state index contributed by atoms with van der Waals surface area (Å²) >= 11 is 0. The maximum absolute atomic E-state index is 5.80. The largest absolute Gasteiger partial charge is 0.399 e. The molecule has 21 heavy (non-hydrogen) atoms. The van der Waals surface area contributed by atoms with Crippen molar-refractivity contribution in [2.75, 3.05) is 17.7 Å². The number of H-pyrrole nitrogens is 1. The first-order chi connectivity index (χ1) is 10.0. The van der Waals surface area contributed by atoms with Crippen LogP contribution in [-0.2, 0) is 6.54 Å². The van der Waals surface area contributed by atoms with Gasteiger partial charge >= 0.3 is 0 Å². The number of rotatable bonds is 3. The summed E-state index contributed by atoms with van der Waals surface area (Å²) in [5, 5.41) is 0. The van der Waals surface area contributed by atoms with E-state index in [1.807, 2.05) is 18.2 Å². The van der Waals surface area contributed by atoms with Gasteiger partial charge in [-0.3, -0.25) is 0 Å². The first-order valence-electron chi connectivity index (χ1n) is 7.05. The third-order valence-corrected chi connectivity index (χ3v) is 3.71. The molecule has 0 spiro atoms. The number of benzene rings is 2. The van der Waals surface area contributed by atoms with Gasteiger partial charge in [0, 0.05) is 18.4 Å². The van der Waals surface area contributed by atoms with E-state index in [4.69, 9.17) is 5.73 Å². The van der Waals surface area contributed by atoms with Crippen LogP contribution >= 0.6 is 0 Å². The lowest BCUT2D eigenvalue weighted by Crippen LogP contribution is -2.18. The Hall–Kier alpha value is -2.49. The number of hydrogen-bond acceptors (Lipinski definition) is 3. The standard InChI is InChI=1S/C17H20N4/c1-11-4-7-16(12(2)8-11)21(3)10-17-19-14-6-5-13(18)9-15(14)20-17/h4-9H,10,18H2,1-3H3,(H,19,20). The zero-order chi connectivity index (χ0) is 15.0. The fourth-order valence-electron chi connectivity index (χ4n) is 2.70. The fourth-order valence-corrected chi connectivity index (χ4v) is 2.70. The molecule has 3 N–H and O–H groups in total. The average Bonchev–Trinajstić information content (AvgIpc) is 2.79. The van der Waals surface area contributed by atoms with Crippen molar-refractivity contribution in [3.8, 4) is 0 Å². The first kappa shape index (κ1) is 13.5. The normalized spacial score (nSPS) is 11.0. The van der Waals surface area contributed by atoms with Crippen molar-refractivity contribution in [3.63, 3.8) is 0 Å². The van der Waals surface area contributed by atoms with E-state index >= 15 is 0 Å². The number of aromatic nitrogens is 2. The van der Waals surface area contributed by atoms with E-state index in [2.05, 4.69) is 54.0 Å². The molecule has 3 rings (SSSR count). The number of fused-ring (bicyclic) bond motifs is 1. The molecule has 0 unspecified atom stereocenters. The molecule has 0 fully saturated rings. The molecule has 0 atom stereocenters. The van der Waals surface area contributed by atoms with Crippen molar-refractivity contribution in [2.24, 2.45) is 0 Å². The Bertz CT molecular complexity index is 789. The quantitative estimate of drug-likeness (QED) is 0.723. The molecule has 0 aliphatic heterocycles. The maximum atomic E-state index is 5.80. The van der Waals surface area contributed by atoms with Crippen LogP contribution in [0, 0.1) is 13.8 Å². The third kappa shape index (κ3) is 2.70. The molecule has 0 aliphatic carbocycles. The van der Waals surface area contributed by atoms with Crippen molar-refractivity contribution < 1.29 is 0 Å². The van der Waals surface area contributed by atoms with E-state index in [1.165, 1.54) is 16.8 Å². The Morgan fingerprint density at radius 2 is 1.95 bits per heavy atom. The highest BCUT2D eigenvalue weighted by atomic mass is 15.1. The van der Waals surface area contributed by atoms with Crippen LogP contribution in [0.15, 0.2) is 36.4 Å². The van der Waals surface area contributed by atoms with Crippen LogP contribution in [0.4, 0.5) is 11.4 Å². The van der Waals surface area contributed by atoms with Gasteiger partial charge in [-0.05, 0) is 43.7 Å². The van der Waals surface area contributed by atoms with Crippen molar-refractivity contribution in [1.82, 2.24) is 9.97 Å². The van der Waals surface area contributed by atoms with Gasteiger partial charge in [-0.25, -0.2) is 4.98 Å². The number of nitrogen functional groups attached to an aromatic ring is 1. The highest BCUT2D eigenvalue weighted by molar-refractivity contribution is 5.78. The lowest BCUT2D eigenvalue weighted by atomic mass is 10.1. The van der Waals surface area contributed by atoms with Gasteiger partial charge in [0.2, 0.25) is 0 Å². The number of hydrogen-bond donors (Lipinski definition) is 2. The minimum atomic E-state index is 0.735. The zero-order valence-corrected chi connectivity index (χ0v) is 12.6. The van der Waals surface area contributed by atoms with E-state index < -0.39 is 0 Å². The Morgan fingerprint density at radius 1 is 1.14 bits per heavy atom. The number of nitrogens with one attached hydrogen (secondary N) is 1. The molecule has 0 saturated carbocycles. The molecule has 0 radical (unpaired) electrons. The maximum Gasteiger partial charge on any atom is 0.126 e. The van der Waals surface area contributed by atoms with Crippen LogP contribution in [0.2, 0.25) is 0 Å². The van der Waals surface area contributed by atoms with Crippen LogP contribution in [0.25, 0.3) is 11.0 Å². The average molecular weight is 280 g/mol. The van der Waals surface area contributed by atoms with Crippen LogP contribution in [0.3, 0.4) is 0 Å². The highest BCUT2D eigenvalue weighted by Crippen LogP contribution is 2.22. The number of anilines is 2. The molecular weight excluding hydrogens is 260 g/mol. The molecule has 4 nitrogen and oxygen atoms in total. The van der Waals surface area contributed by atoms with Gasteiger partial charge in [-0.2, -0.15) is 0 Å². The van der Waals surface area contributed by atoms with E-state index in [0.29, 0.717) is 0 Å². The molecule has 1 aromatic heterocycles. The molecule has 3 aromatic rings. The van der Waals surface area contributed by atoms with Gasteiger partial charge in [-0.15, -0.1) is 0 Å². The minimum absolute atomic E-state index is 0.735. The summed E-state index contributed by atoms with van der Waals surface area (Å²) in [5.74, 6) is 0.943. The number of aromatic amines is 1. The Morgan fingerprint density at radius 3 is 2.71 bits per heavy atom. The summed E-state index contributed by atoms with van der Waals surface area (Å²) in [7, 11) is 2.08. The molecule has 0 aliphatic rings. The van der Waals surface area contributed by atoms with E-state index in [0.717, 1.165) is 29.1 Å². The summed E-state index contributed by atoms with van der Waals surface area (Å²) in [5.41, 5.74) is 12.3. The topological polar surface area (TPSA) is 57.9 Å². The lowest BCUT2D eigenvalue weighted by molar-refractivity contribution is 0.860. The molecule has 4 heteroatoms.